The first-order valence-corrected chi connectivity index (χ1v) is 12.1. The third-order valence-corrected chi connectivity index (χ3v) is 7.52. The van der Waals surface area contributed by atoms with Crippen LogP contribution in [0.15, 0.2) is 42.5 Å². The highest BCUT2D eigenvalue weighted by Gasteiger charge is 2.43. The molecule has 2 aliphatic heterocycles. The second-order valence-corrected chi connectivity index (χ2v) is 9.65. The summed E-state index contributed by atoms with van der Waals surface area (Å²) in [6.45, 7) is 1.46. The Morgan fingerprint density at radius 2 is 1.74 bits per heavy atom. The summed E-state index contributed by atoms with van der Waals surface area (Å²) in [5.74, 6) is -0.932. The highest BCUT2D eigenvalue weighted by atomic mass is 19.4. The third-order valence-electron chi connectivity index (χ3n) is 7.52. The van der Waals surface area contributed by atoms with Crippen LogP contribution in [0.3, 0.4) is 0 Å². The molecular weight excluding hydrogens is 446 g/mol. The van der Waals surface area contributed by atoms with Crippen molar-refractivity contribution < 1.29 is 22.4 Å². The number of carbonyl (C=O) groups excluding carboxylic acids is 1. The Hall–Kier alpha value is -2.77. The van der Waals surface area contributed by atoms with Gasteiger partial charge in [0.05, 0.1) is 23.2 Å². The van der Waals surface area contributed by atoms with E-state index in [0.29, 0.717) is 30.9 Å². The van der Waals surface area contributed by atoms with Gasteiger partial charge in [-0.05, 0) is 55.2 Å². The minimum Gasteiger partial charge on any atom is -0.365 e. The molecule has 34 heavy (non-hydrogen) atoms. The van der Waals surface area contributed by atoms with E-state index in [1.54, 1.807) is 18.2 Å². The Morgan fingerprint density at radius 3 is 2.47 bits per heavy atom. The van der Waals surface area contributed by atoms with E-state index in [1.807, 2.05) is 4.90 Å². The molecule has 2 atom stereocenters. The molecule has 8 heteroatoms. The van der Waals surface area contributed by atoms with Crippen LogP contribution in [-0.4, -0.2) is 37.6 Å². The normalized spacial score (nSPS) is 23.3. The van der Waals surface area contributed by atoms with Crippen LogP contribution in [0.1, 0.15) is 43.2 Å². The molecule has 1 saturated carbocycles. The summed E-state index contributed by atoms with van der Waals surface area (Å²) in [6.07, 6.45) is 0.983. The predicted octanol–water partition coefficient (Wildman–Crippen LogP) is 5.16. The molecule has 1 aliphatic carbocycles. The molecule has 2 heterocycles. The fraction of sp³-hybridized carbons (Fsp3) is 0.500. The van der Waals surface area contributed by atoms with Crippen molar-refractivity contribution in [3.05, 3.63) is 59.4 Å². The van der Waals surface area contributed by atoms with Gasteiger partial charge in [-0.1, -0.05) is 31.4 Å². The molecule has 2 aromatic rings. The highest BCUT2D eigenvalue weighted by molar-refractivity contribution is 5.82. The SMILES string of the molecule is O=C(NC1CCCCC1)[C@@H]1Cc2cc(C(F)(F)F)ccc2N2CCN(c3ccccc3F)C[C@H]12. The molecule has 2 aromatic carbocycles. The van der Waals surface area contributed by atoms with Crippen LogP contribution in [-0.2, 0) is 17.4 Å². The molecule has 0 radical (unpaired) electrons. The van der Waals surface area contributed by atoms with Crippen LogP contribution in [0.4, 0.5) is 28.9 Å². The number of para-hydroxylation sites is 1. The molecule has 1 saturated heterocycles. The van der Waals surface area contributed by atoms with Crippen molar-refractivity contribution in [3.63, 3.8) is 0 Å². The van der Waals surface area contributed by atoms with Crippen LogP contribution in [0.5, 0.6) is 0 Å². The number of halogens is 4. The van der Waals surface area contributed by atoms with Crippen LogP contribution in [0.2, 0.25) is 0 Å². The topological polar surface area (TPSA) is 35.6 Å². The van der Waals surface area contributed by atoms with Crippen molar-refractivity contribution in [2.24, 2.45) is 5.92 Å². The van der Waals surface area contributed by atoms with E-state index in [0.717, 1.165) is 43.9 Å². The average Bonchev–Trinajstić information content (AvgIpc) is 2.83. The Balaban J connectivity index is 1.46. The van der Waals surface area contributed by atoms with Gasteiger partial charge in [-0.25, -0.2) is 4.39 Å². The molecule has 1 N–H and O–H groups in total. The quantitative estimate of drug-likeness (QED) is 0.623. The largest absolute Gasteiger partial charge is 0.416 e. The summed E-state index contributed by atoms with van der Waals surface area (Å²) in [4.78, 5) is 17.5. The smallest absolute Gasteiger partial charge is 0.365 e. The number of piperazine rings is 1. The lowest BCUT2D eigenvalue weighted by Crippen LogP contribution is -2.62. The maximum atomic E-state index is 14.5. The van der Waals surface area contributed by atoms with Gasteiger partial charge in [0.15, 0.2) is 0 Å². The number of hydrogen-bond donors (Lipinski definition) is 1. The Morgan fingerprint density at radius 1 is 0.971 bits per heavy atom. The van der Waals surface area contributed by atoms with E-state index in [4.69, 9.17) is 0 Å². The number of alkyl halides is 3. The summed E-state index contributed by atoms with van der Waals surface area (Å²) in [6, 6.07) is 10.3. The fourth-order valence-electron chi connectivity index (χ4n) is 5.78. The zero-order valence-electron chi connectivity index (χ0n) is 19.0. The summed E-state index contributed by atoms with van der Waals surface area (Å²) >= 11 is 0. The van der Waals surface area contributed by atoms with Crippen molar-refractivity contribution in [1.82, 2.24) is 5.32 Å². The number of anilines is 2. The zero-order valence-corrected chi connectivity index (χ0v) is 19.0. The average molecular weight is 476 g/mol. The molecule has 0 unspecified atom stereocenters. The monoisotopic (exact) mass is 475 g/mol. The van der Waals surface area contributed by atoms with Gasteiger partial charge in [-0.2, -0.15) is 13.2 Å². The number of carbonyl (C=O) groups is 1. The molecule has 1 amide bonds. The van der Waals surface area contributed by atoms with E-state index >= 15 is 0 Å². The molecule has 5 rings (SSSR count). The van der Waals surface area contributed by atoms with E-state index in [9.17, 15) is 22.4 Å². The van der Waals surface area contributed by atoms with E-state index < -0.39 is 17.7 Å². The maximum Gasteiger partial charge on any atom is 0.416 e. The second-order valence-electron chi connectivity index (χ2n) is 9.65. The van der Waals surface area contributed by atoms with Crippen LogP contribution < -0.4 is 15.1 Å². The van der Waals surface area contributed by atoms with Crippen molar-refractivity contribution in [2.75, 3.05) is 29.4 Å². The number of rotatable bonds is 3. The summed E-state index contributed by atoms with van der Waals surface area (Å²) in [5, 5.41) is 3.18. The fourth-order valence-corrected chi connectivity index (χ4v) is 5.78. The van der Waals surface area contributed by atoms with Crippen LogP contribution in [0.25, 0.3) is 0 Å². The molecule has 4 nitrogen and oxygen atoms in total. The molecule has 182 valence electrons. The molecule has 3 aliphatic rings. The molecule has 0 bridgehead atoms. The summed E-state index contributed by atoms with van der Waals surface area (Å²) in [7, 11) is 0. The van der Waals surface area contributed by atoms with Gasteiger partial charge >= 0.3 is 6.18 Å². The van der Waals surface area contributed by atoms with Gasteiger partial charge in [0, 0.05) is 31.4 Å². The molecule has 0 spiro atoms. The van der Waals surface area contributed by atoms with Gasteiger partial charge in [0.25, 0.3) is 0 Å². The van der Waals surface area contributed by atoms with Gasteiger partial charge in [-0.15, -0.1) is 0 Å². The first-order valence-electron chi connectivity index (χ1n) is 12.1. The zero-order chi connectivity index (χ0) is 23.9. The van der Waals surface area contributed by atoms with Gasteiger partial charge in [-0.3, -0.25) is 4.79 Å². The number of fused-ring (bicyclic) bond motifs is 3. The highest BCUT2D eigenvalue weighted by Crippen LogP contribution is 2.40. The van der Waals surface area contributed by atoms with Crippen molar-refractivity contribution in [2.45, 2.75) is 56.8 Å². The number of benzene rings is 2. The van der Waals surface area contributed by atoms with Crippen LogP contribution in [0, 0.1) is 11.7 Å². The number of amides is 1. The van der Waals surface area contributed by atoms with Crippen molar-refractivity contribution in [1.29, 1.82) is 0 Å². The Labute approximate surface area is 196 Å². The maximum absolute atomic E-state index is 14.5. The second kappa shape index (κ2) is 9.12. The first kappa shape index (κ1) is 23.0. The van der Waals surface area contributed by atoms with Crippen LogP contribution >= 0.6 is 0 Å². The van der Waals surface area contributed by atoms with E-state index in [2.05, 4.69) is 10.2 Å². The first-order chi connectivity index (χ1) is 16.3. The van der Waals surface area contributed by atoms with Crippen molar-refractivity contribution >= 4 is 17.3 Å². The Bertz CT molecular complexity index is 1050. The number of hydrogen-bond acceptors (Lipinski definition) is 3. The van der Waals surface area contributed by atoms with Gasteiger partial charge < -0.3 is 15.1 Å². The summed E-state index contributed by atoms with van der Waals surface area (Å²) in [5.41, 5.74) is 1.09. The Kier molecular flexibility index (Phi) is 6.16. The van der Waals surface area contributed by atoms with Crippen molar-refractivity contribution in [3.8, 4) is 0 Å². The van der Waals surface area contributed by atoms with Gasteiger partial charge in [0.1, 0.15) is 5.82 Å². The van der Waals surface area contributed by atoms with E-state index in [1.165, 1.54) is 18.2 Å². The minimum atomic E-state index is -4.44. The predicted molar refractivity (Wildman–Crippen MR) is 123 cm³/mol. The molecule has 2 fully saturated rings. The lowest BCUT2D eigenvalue weighted by molar-refractivity contribution is -0.137. The summed E-state index contributed by atoms with van der Waals surface area (Å²) < 4.78 is 54.7. The standard InChI is InChI=1S/C26H29F4N3O/c27-21-8-4-5-9-23(21)32-12-13-33-22-11-10-18(26(28,29)30)14-17(22)15-20(24(33)16-32)25(34)31-19-6-2-1-3-7-19/h4-5,8-11,14,19-20,24H,1-3,6-7,12-13,15-16H2,(H,31,34)/t20-,24-/m1/s1. The minimum absolute atomic E-state index is 0.111. The van der Waals surface area contributed by atoms with Gasteiger partial charge in [0.2, 0.25) is 5.91 Å². The number of nitrogens with one attached hydrogen (secondary N) is 1. The lowest BCUT2D eigenvalue weighted by atomic mass is 9.82. The third kappa shape index (κ3) is 4.46. The lowest BCUT2D eigenvalue weighted by Gasteiger charge is -2.50. The number of nitrogens with zero attached hydrogens (tertiary/aromatic N) is 2. The molecule has 0 aromatic heterocycles. The van der Waals surface area contributed by atoms with E-state index in [-0.39, 0.29) is 30.2 Å². The molecular formula is C26H29F4N3O.